The maximum atomic E-state index is 6.41. The van der Waals surface area contributed by atoms with E-state index >= 15 is 0 Å². The topological polar surface area (TPSA) is 13.1 Å². The third kappa shape index (κ3) is 4.55. The van der Waals surface area contributed by atoms with Gasteiger partial charge in [-0.2, -0.15) is 0 Å². The molecule has 1 heteroatoms. The lowest BCUT2D eigenvalue weighted by Crippen LogP contribution is -2.21. The van der Waals surface area contributed by atoms with E-state index in [0.717, 1.165) is 32.7 Å². The maximum absolute atomic E-state index is 6.41. The molecule has 0 unspecified atom stereocenters. The standard InChI is InChI=1S/C47H32O/c1-30-14-6-7-17-33(30)29-45-31(2)42-27-35(24-25-44(42)48-45)46-38-20-10-12-22-40(38)47(41-23-13-11-21-39(41)46)43-28-36(32-15-4-3-5-16-32)26-34-18-8-9-19-37(34)43/h3-29H,1H2,2H3/b33-29-. The lowest BCUT2D eigenvalue weighted by atomic mass is 9.83. The highest BCUT2D eigenvalue weighted by Crippen LogP contribution is 2.46. The summed E-state index contributed by atoms with van der Waals surface area (Å²) in [7, 11) is 0. The molecule has 0 bridgehead atoms. The fourth-order valence-corrected chi connectivity index (χ4v) is 7.39. The molecule has 0 saturated carbocycles. The molecule has 1 aromatic heterocycles. The average molecular weight is 613 g/mol. The van der Waals surface area contributed by atoms with Gasteiger partial charge in [-0.25, -0.2) is 0 Å². The fraction of sp³-hybridized carbons (Fsp3) is 0.0213. The van der Waals surface area contributed by atoms with Gasteiger partial charge in [0, 0.05) is 10.9 Å². The third-order valence-corrected chi connectivity index (χ3v) is 9.77. The van der Waals surface area contributed by atoms with Gasteiger partial charge < -0.3 is 4.42 Å². The zero-order valence-corrected chi connectivity index (χ0v) is 26.7. The van der Waals surface area contributed by atoms with Crippen molar-refractivity contribution in [1.82, 2.24) is 0 Å². The molecule has 9 rings (SSSR count). The largest absolute Gasteiger partial charge is 0.456 e. The zero-order chi connectivity index (χ0) is 32.2. The average Bonchev–Trinajstić information content (AvgIpc) is 3.45. The van der Waals surface area contributed by atoms with Crippen LogP contribution in [0.3, 0.4) is 0 Å². The van der Waals surface area contributed by atoms with Gasteiger partial charge in [0.15, 0.2) is 0 Å². The summed E-state index contributed by atoms with van der Waals surface area (Å²) in [6.07, 6.45) is 2.10. The molecule has 9 aromatic rings. The van der Waals surface area contributed by atoms with Crippen molar-refractivity contribution in [2.24, 2.45) is 0 Å². The van der Waals surface area contributed by atoms with Crippen LogP contribution < -0.4 is 10.4 Å². The summed E-state index contributed by atoms with van der Waals surface area (Å²) in [5.41, 5.74) is 9.39. The second-order valence-electron chi connectivity index (χ2n) is 12.6. The van der Waals surface area contributed by atoms with Gasteiger partial charge in [-0.15, -0.1) is 0 Å². The molecule has 8 aromatic carbocycles. The van der Waals surface area contributed by atoms with E-state index in [4.69, 9.17) is 4.42 Å². The molecular formula is C47H32O. The Morgan fingerprint density at radius 3 is 1.79 bits per heavy atom. The van der Waals surface area contributed by atoms with Crippen LogP contribution in [0.1, 0.15) is 11.3 Å². The first-order valence-corrected chi connectivity index (χ1v) is 16.5. The van der Waals surface area contributed by atoms with Crippen molar-refractivity contribution in [3.8, 4) is 33.4 Å². The number of hydrogen-bond donors (Lipinski definition) is 0. The molecule has 0 fully saturated rings. The van der Waals surface area contributed by atoms with Crippen molar-refractivity contribution in [3.63, 3.8) is 0 Å². The van der Waals surface area contributed by atoms with Gasteiger partial charge >= 0.3 is 0 Å². The molecule has 0 saturated heterocycles. The van der Waals surface area contributed by atoms with Crippen molar-refractivity contribution in [2.75, 3.05) is 0 Å². The van der Waals surface area contributed by atoms with E-state index in [-0.39, 0.29) is 0 Å². The quantitative estimate of drug-likeness (QED) is 0.180. The Labute approximate surface area is 279 Å². The second kappa shape index (κ2) is 11.3. The highest BCUT2D eigenvalue weighted by Gasteiger charge is 2.20. The van der Waals surface area contributed by atoms with Crippen LogP contribution in [0.25, 0.3) is 89.3 Å². The van der Waals surface area contributed by atoms with Crippen LogP contribution in [-0.2, 0) is 0 Å². The SMILES string of the molecule is C=c1cccc/c1=C/c1oc2ccc(-c3c4ccccc4c(-c4cc(-c5ccccc5)cc5ccccc45)c4ccccc34)cc2c1C. The summed E-state index contributed by atoms with van der Waals surface area (Å²) in [6, 6.07) is 56.8. The predicted molar refractivity (Wildman–Crippen MR) is 205 cm³/mol. The van der Waals surface area contributed by atoms with Gasteiger partial charge in [0.25, 0.3) is 0 Å². The van der Waals surface area contributed by atoms with E-state index in [1.54, 1.807) is 0 Å². The normalized spacial score (nSPS) is 12.1. The Balaban J connectivity index is 1.33. The Morgan fingerprint density at radius 1 is 0.479 bits per heavy atom. The van der Waals surface area contributed by atoms with Crippen molar-refractivity contribution < 1.29 is 4.42 Å². The van der Waals surface area contributed by atoms with E-state index in [2.05, 4.69) is 159 Å². The van der Waals surface area contributed by atoms with Crippen LogP contribution in [0.5, 0.6) is 0 Å². The van der Waals surface area contributed by atoms with Gasteiger partial charge in [-0.3, -0.25) is 0 Å². The number of hydrogen-bond acceptors (Lipinski definition) is 1. The van der Waals surface area contributed by atoms with Gasteiger partial charge in [-0.05, 0) is 113 Å². The van der Waals surface area contributed by atoms with E-state index in [1.165, 1.54) is 65.7 Å². The van der Waals surface area contributed by atoms with E-state index < -0.39 is 0 Å². The van der Waals surface area contributed by atoms with Crippen LogP contribution in [0.4, 0.5) is 0 Å². The third-order valence-electron chi connectivity index (χ3n) is 9.77. The van der Waals surface area contributed by atoms with E-state index in [9.17, 15) is 0 Å². The van der Waals surface area contributed by atoms with Crippen molar-refractivity contribution in [1.29, 1.82) is 0 Å². The highest BCUT2D eigenvalue weighted by atomic mass is 16.3. The molecule has 226 valence electrons. The first-order chi connectivity index (χ1) is 23.6. The van der Waals surface area contributed by atoms with Gasteiger partial charge in [0.1, 0.15) is 11.3 Å². The molecule has 48 heavy (non-hydrogen) atoms. The molecule has 0 N–H and O–H groups in total. The number of rotatable bonds is 4. The highest BCUT2D eigenvalue weighted by molar-refractivity contribution is 6.24. The van der Waals surface area contributed by atoms with Crippen molar-refractivity contribution in [2.45, 2.75) is 6.92 Å². The first-order valence-electron chi connectivity index (χ1n) is 16.5. The Morgan fingerprint density at radius 2 is 1.08 bits per heavy atom. The Kier molecular flexibility index (Phi) is 6.59. The van der Waals surface area contributed by atoms with Gasteiger partial charge in [0.05, 0.1) is 0 Å². The molecule has 0 atom stereocenters. The lowest BCUT2D eigenvalue weighted by molar-refractivity contribution is 0.601. The van der Waals surface area contributed by atoms with Crippen LogP contribution in [0.15, 0.2) is 162 Å². The Bertz CT molecular complexity index is 2740. The minimum Gasteiger partial charge on any atom is -0.456 e. The van der Waals surface area contributed by atoms with Crippen LogP contribution in [-0.4, -0.2) is 0 Å². The molecule has 1 nitrogen and oxygen atoms in total. The number of benzene rings is 8. The summed E-state index contributed by atoms with van der Waals surface area (Å²) in [5.74, 6) is 0.869. The molecule has 0 aliphatic rings. The molecule has 0 radical (unpaired) electrons. The van der Waals surface area contributed by atoms with Crippen molar-refractivity contribution in [3.05, 3.63) is 179 Å². The molecule has 0 aliphatic carbocycles. The van der Waals surface area contributed by atoms with Gasteiger partial charge in [0.2, 0.25) is 0 Å². The Hall–Kier alpha value is -6.18. The maximum Gasteiger partial charge on any atom is 0.135 e. The molecular weight excluding hydrogens is 581 g/mol. The molecule has 0 aliphatic heterocycles. The van der Waals surface area contributed by atoms with Gasteiger partial charge in [-0.1, -0.05) is 140 Å². The molecule has 1 heterocycles. The molecule has 0 amide bonds. The summed E-state index contributed by atoms with van der Waals surface area (Å²) in [5, 5.41) is 10.6. The van der Waals surface area contributed by atoms with E-state index in [0.29, 0.717) is 0 Å². The predicted octanol–water partition coefficient (Wildman–Crippen LogP) is 11.4. The fourth-order valence-electron chi connectivity index (χ4n) is 7.39. The number of fused-ring (bicyclic) bond motifs is 4. The second-order valence-corrected chi connectivity index (χ2v) is 12.6. The van der Waals surface area contributed by atoms with Crippen LogP contribution in [0, 0.1) is 6.92 Å². The van der Waals surface area contributed by atoms with Crippen molar-refractivity contribution >= 4 is 55.9 Å². The molecule has 0 spiro atoms. The smallest absolute Gasteiger partial charge is 0.135 e. The summed E-state index contributed by atoms with van der Waals surface area (Å²) >= 11 is 0. The zero-order valence-electron chi connectivity index (χ0n) is 26.7. The summed E-state index contributed by atoms with van der Waals surface area (Å²) in [6.45, 7) is 6.35. The van der Waals surface area contributed by atoms with E-state index in [1.807, 2.05) is 18.2 Å². The minimum atomic E-state index is 0.869. The number of aryl methyl sites for hydroxylation is 1. The number of furan rings is 1. The summed E-state index contributed by atoms with van der Waals surface area (Å²) in [4.78, 5) is 0. The monoisotopic (exact) mass is 612 g/mol. The van der Waals surface area contributed by atoms with Crippen LogP contribution in [0.2, 0.25) is 0 Å². The summed E-state index contributed by atoms with van der Waals surface area (Å²) < 4.78 is 6.41. The van der Waals surface area contributed by atoms with Crippen LogP contribution >= 0.6 is 0 Å². The lowest BCUT2D eigenvalue weighted by Gasteiger charge is -2.19. The minimum absolute atomic E-state index is 0.869. The first kappa shape index (κ1) is 28.1.